The van der Waals surface area contributed by atoms with Gasteiger partial charge in [-0.25, -0.2) is 14.8 Å². The summed E-state index contributed by atoms with van der Waals surface area (Å²) < 4.78 is 5.31. The largest absolute Gasteiger partial charge is 0.444 e. The van der Waals surface area contributed by atoms with E-state index in [0.29, 0.717) is 6.42 Å². The number of amides is 3. The molecule has 1 aromatic carbocycles. The molecular weight excluding hydrogens is 410 g/mol. The van der Waals surface area contributed by atoms with Crippen molar-refractivity contribution in [3.8, 4) is 6.19 Å². The summed E-state index contributed by atoms with van der Waals surface area (Å²) in [6.45, 7) is 9.06. The quantitative estimate of drug-likeness (QED) is 0.343. The van der Waals surface area contributed by atoms with Crippen LogP contribution in [0.25, 0.3) is 0 Å². The van der Waals surface area contributed by atoms with E-state index in [1.54, 1.807) is 20.8 Å². The highest BCUT2D eigenvalue weighted by atomic mass is 16.6. The van der Waals surface area contributed by atoms with Gasteiger partial charge in [-0.05, 0) is 38.7 Å². The molecule has 2 atom stereocenters. The Labute approximate surface area is 190 Å². The molecule has 2 N–H and O–H groups in total. The van der Waals surface area contributed by atoms with Gasteiger partial charge in [0.1, 0.15) is 17.7 Å². The number of likely N-dealkylation sites (N-methyl/N-ethyl adjacent to an activating group) is 1. The molecule has 0 unspecified atom stereocenters. The molecule has 0 fully saturated rings. The fourth-order valence-corrected chi connectivity index (χ4v) is 2.91. The second-order valence-corrected chi connectivity index (χ2v) is 9.06. The Bertz CT molecular complexity index is 814. The topological polar surface area (TPSA) is 115 Å². The monoisotopic (exact) mass is 445 g/mol. The number of hydrazine groups is 1. The maximum absolute atomic E-state index is 13.2. The summed E-state index contributed by atoms with van der Waals surface area (Å²) in [7, 11) is 2.92. The number of rotatable bonds is 9. The van der Waals surface area contributed by atoms with Crippen LogP contribution in [0, 0.1) is 17.4 Å². The molecule has 0 bridgehead atoms. The highest BCUT2D eigenvalue weighted by Crippen LogP contribution is 2.11. The summed E-state index contributed by atoms with van der Waals surface area (Å²) in [5.74, 6) is -0.824. The third-order valence-corrected chi connectivity index (χ3v) is 4.53. The number of hydrogen-bond donors (Lipinski definition) is 2. The molecular formula is C23H35N5O4. The van der Waals surface area contributed by atoms with Crippen molar-refractivity contribution in [2.45, 2.75) is 65.1 Å². The van der Waals surface area contributed by atoms with E-state index in [1.807, 2.05) is 50.4 Å². The molecule has 0 spiro atoms. The van der Waals surface area contributed by atoms with Crippen LogP contribution in [-0.4, -0.2) is 59.7 Å². The molecule has 0 aliphatic carbocycles. The Kier molecular flexibility index (Phi) is 9.98. The van der Waals surface area contributed by atoms with Gasteiger partial charge in [0.25, 0.3) is 5.91 Å². The molecule has 32 heavy (non-hydrogen) atoms. The third kappa shape index (κ3) is 9.25. The average Bonchev–Trinajstić information content (AvgIpc) is 2.70. The molecule has 3 amide bonds. The van der Waals surface area contributed by atoms with Crippen molar-refractivity contribution in [2.75, 3.05) is 14.1 Å². The lowest BCUT2D eigenvalue weighted by Crippen LogP contribution is -2.56. The van der Waals surface area contributed by atoms with Crippen LogP contribution >= 0.6 is 0 Å². The average molecular weight is 446 g/mol. The lowest BCUT2D eigenvalue weighted by atomic mass is 10.0. The first kappa shape index (κ1) is 26.8. The van der Waals surface area contributed by atoms with E-state index in [4.69, 9.17) is 10.00 Å². The fraction of sp³-hybridized carbons (Fsp3) is 0.565. The second kappa shape index (κ2) is 11.9. The summed E-state index contributed by atoms with van der Waals surface area (Å²) in [4.78, 5) is 38.5. The van der Waals surface area contributed by atoms with E-state index in [2.05, 4.69) is 10.6 Å². The Morgan fingerprint density at radius 2 is 1.66 bits per heavy atom. The minimum Gasteiger partial charge on any atom is -0.444 e. The highest BCUT2D eigenvalue weighted by Gasteiger charge is 2.31. The summed E-state index contributed by atoms with van der Waals surface area (Å²) in [6.07, 6.45) is 1.74. The van der Waals surface area contributed by atoms with Crippen LogP contribution in [-0.2, 0) is 20.7 Å². The van der Waals surface area contributed by atoms with E-state index >= 15 is 0 Å². The molecule has 0 saturated heterocycles. The zero-order chi connectivity index (χ0) is 24.5. The summed E-state index contributed by atoms with van der Waals surface area (Å²) in [5, 5.41) is 16.7. The molecule has 176 valence electrons. The molecule has 0 aromatic heterocycles. The lowest BCUT2D eigenvalue weighted by Gasteiger charge is -2.30. The van der Waals surface area contributed by atoms with E-state index in [-0.39, 0.29) is 12.3 Å². The van der Waals surface area contributed by atoms with Crippen LogP contribution in [0.15, 0.2) is 30.3 Å². The van der Waals surface area contributed by atoms with Crippen molar-refractivity contribution in [1.29, 1.82) is 5.26 Å². The van der Waals surface area contributed by atoms with Crippen LogP contribution < -0.4 is 10.6 Å². The maximum atomic E-state index is 13.2. The number of ether oxygens (including phenoxy) is 1. The Morgan fingerprint density at radius 1 is 1.06 bits per heavy atom. The molecule has 0 radical (unpaired) electrons. The summed E-state index contributed by atoms with van der Waals surface area (Å²) in [6, 6.07) is 7.44. The van der Waals surface area contributed by atoms with Gasteiger partial charge in [-0.1, -0.05) is 44.2 Å². The predicted octanol–water partition coefficient (Wildman–Crippen LogP) is 2.44. The van der Waals surface area contributed by atoms with Crippen molar-refractivity contribution < 1.29 is 19.1 Å². The van der Waals surface area contributed by atoms with Crippen molar-refractivity contribution in [2.24, 2.45) is 5.92 Å². The van der Waals surface area contributed by atoms with Gasteiger partial charge in [0.05, 0.1) is 0 Å². The minimum absolute atomic E-state index is 0.108. The normalized spacial score (nSPS) is 12.8. The molecule has 0 saturated carbocycles. The minimum atomic E-state index is -0.950. The Morgan fingerprint density at radius 3 is 2.16 bits per heavy atom. The van der Waals surface area contributed by atoms with Gasteiger partial charge in [-0.3, -0.25) is 9.59 Å². The van der Waals surface area contributed by atoms with Crippen LogP contribution in [0.5, 0.6) is 0 Å². The van der Waals surface area contributed by atoms with Crippen LogP contribution in [0.4, 0.5) is 4.79 Å². The Balaban J connectivity index is 3.08. The first-order valence-corrected chi connectivity index (χ1v) is 10.6. The van der Waals surface area contributed by atoms with Crippen molar-refractivity contribution >= 4 is 17.9 Å². The Hall–Kier alpha value is -3.28. The van der Waals surface area contributed by atoms with E-state index in [0.717, 1.165) is 15.6 Å². The number of carbonyl (C=O) groups is 3. The van der Waals surface area contributed by atoms with Gasteiger partial charge in [-0.15, -0.1) is 0 Å². The first-order valence-electron chi connectivity index (χ1n) is 10.6. The van der Waals surface area contributed by atoms with Gasteiger partial charge in [0.15, 0.2) is 6.19 Å². The van der Waals surface area contributed by atoms with Crippen LogP contribution in [0.3, 0.4) is 0 Å². The maximum Gasteiger partial charge on any atom is 0.408 e. The lowest BCUT2D eigenvalue weighted by molar-refractivity contribution is -0.144. The number of nitrogens with zero attached hydrogens (tertiary/aromatic N) is 3. The highest BCUT2D eigenvalue weighted by molar-refractivity contribution is 5.91. The standard InChI is InChI=1S/C23H35N5O4/c1-16(2)13-19(21(30)28(7)27(6)15-24)25-20(29)18(14-17-11-9-8-10-12-17)26-22(31)32-23(3,4)5/h8-12,16,18-19H,13-14H2,1-7H3,(H,25,29)(H,26,31)/t18-,19-/m0/s1. The predicted molar refractivity (Wildman–Crippen MR) is 121 cm³/mol. The fourth-order valence-electron chi connectivity index (χ4n) is 2.91. The van der Waals surface area contributed by atoms with Crippen molar-refractivity contribution in [3.05, 3.63) is 35.9 Å². The van der Waals surface area contributed by atoms with Crippen LogP contribution in [0.2, 0.25) is 0 Å². The van der Waals surface area contributed by atoms with Gasteiger partial charge >= 0.3 is 6.09 Å². The van der Waals surface area contributed by atoms with Gasteiger partial charge in [0, 0.05) is 20.5 Å². The molecule has 9 nitrogen and oxygen atoms in total. The number of carbonyl (C=O) groups excluding carboxylic acids is 3. The van der Waals surface area contributed by atoms with Crippen LogP contribution in [0.1, 0.15) is 46.6 Å². The number of hydrogen-bond acceptors (Lipinski definition) is 6. The number of nitriles is 1. The van der Waals surface area contributed by atoms with Gasteiger partial charge < -0.3 is 15.4 Å². The number of benzene rings is 1. The van der Waals surface area contributed by atoms with E-state index < -0.39 is 35.6 Å². The SMILES string of the molecule is CC(C)C[C@H](NC(=O)[C@H](Cc1ccccc1)NC(=O)OC(C)(C)C)C(=O)N(C)N(C)C#N. The zero-order valence-corrected chi connectivity index (χ0v) is 20.0. The summed E-state index contributed by atoms with van der Waals surface area (Å²) >= 11 is 0. The van der Waals surface area contributed by atoms with Gasteiger partial charge in [-0.2, -0.15) is 5.26 Å². The molecule has 1 aromatic rings. The summed E-state index contributed by atoms with van der Waals surface area (Å²) in [5.41, 5.74) is 0.121. The smallest absolute Gasteiger partial charge is 0.408 e. The molecule has 0 aliphatic rings. The van der Waals surface area contributed by atoms with Crippen molar-refractivity contribution in [3.63, 3.8) is 0 Å². The van der Waals surface area contributed by atoms with E-state index in [9.17, 15) is 14.4 Å². The molecule has 1 rings (SSSR count). The third-order valence-electron chi connectivity index (χ3n) is 4.53. The first-order chi connectivity index (χ1) is 14.8. The van der Waals surface area contributed by atoms with Gasteiger partial charge in [0.2, 0.25) is 5.91 Å². The molecule has 9 heteroatoms. The molecule has 0 aliphatic heterocycles. The number of alkyl carbamates (subject to hydrolysis) is 1. The molecule has 0 heterocycles. The zero-order valence-electron chi connectivity index (χ0n) is 20.0. The van der Waals surface area contributed by atoms with E-state index in [1.165, 1.54) is 14.1 Å². The second-order valence-electron chi connectivity index (χ2n) is 9.06. The van der Waals surface area contributed by atoms with Crippen molar-refractivity contribution in [1.82, 2.24) is 20.7 Å². The number of nitrogens with one attached hydrogen (secondary N) is 2.